The van der Waals surface area contributed by atoms with Gasteiger partial charge in [0.05, 0.1) is 27.9 Å². The maximum absolute atomic E-state index is 11.3. The maximum Gasteiger partial charge on any atom is 0.330 e. The van der Waals surface area contributed by atoms with Crippen molar-refractivity contribution in [2.45, 2.75) is 6.92 Å². The molecule has 0 aliphatic carbocycles. The molecule has 2 aromatic carbocycles. The highest BCUT2D eigenvalue weighted by Crippen LogP contribution is 2.38. The molecule has 0 saturated carbocycles. The van der Waals surface area contributed by atoms with Gasteiger partial charge in [-0.05, 0) is 41.8 Å². The Morgan fingerprint density at radius 1 is 0.815 bits per heavy atom. The Kier molecular flexibility index (Phi) is 7.49. The van der Waals surface area contributed by atoms with E-state index >= 15 is 0 Å². The third-order valence-corrected chi connectivity index (χ3v) is 3.79. The Balaban J connectivity index is 2.15. The van der Waals surface area contributed by atoms with Gasteiger partial charge in [0, 0.05) is 6.08 Å². The first-order chi connectivity index (χ1) is 13.1. The normalized spacial score (nSPS) is 11.0. The molecule has 2 aromatic rings. The molecule has 2 rings (SSSR count). The molecule has 5 heteroatoms. The summed E-state index contributed by atoms with van der Waals surface area (Å²) >= 11 is 0. The van der Waals surface area contributed by atoms with Crippen LogP contribution in [0.2, 0.25) is 0 Å². The number of hydrogen-bond donors (Lipinski definition) is 0. The molecule has 0 aliphatic rings. The lowest BCUT2D eigenvalue weighted by atomic mass is 10.1. The molecule has 0 N–H and O–H groups in total. The summed E-state index contributed by atoms with van der Waals surface area (Å²) in [7, 11) is 4.76. The fourth-order valence-corrected chi connectivity index (χ4v) is 2.46. The lowest BCUT2D eigenvalue weighted by molar-refractivity contribution is -0.137. The van der Waals surface area contributed by atoms with Crippen molar-refractivity contribution in [1.82, 2.24) is 0 Å². The number of rotatable bonds is 8. The Morgan fingerprint density at radius 2 is 1.33 bits per heavy atom. The van der Waals surface area contributed by atoms with Crippen LogP contribution in [0.4, 0.5) is 0 Å². The fourth-order valence-electron chi connectivity index (χ4n) is 2.46. The summed E-state index contributed by atoms with van der Waals surface area (Å²) in [6.07, 6.45) is 7.10. The average Bonchev–Trinajstić information content (AvgIpc) is 2.70. The molecule has 0 bridgehead atoms. The molecule has 0 aliphatic heterocycles. The first-order valence-electron chi connectivity index (χ1n) is 8.54. The second-order valence-electron chi connectivity index (χ2n) is 5.54. The molecule has 0 amide bonds. The summed E-state index contributed by atoms with van der Waals surface area (Å²) in [5.74, 6) is 1.44. The smallest absolute Gasteiger partial charge is 0.330 e. The monoisotopic (exact) mass is 368 g/mol. The second kappa shape index (κ2) is 10.1. The topological polar surface area (TPSA) is 54.0 Å². The third-order valence-electron chi connectivity index (χ3n) is 3.79. The fraction of sp³-hybridized carbons (Fsp3) is 0.227. The van der Waals surface area contributed by atoms with Gasteiger partial charge >= 0.3 is 5.97 Å². The quantitative estimate of drug-likeness (QED) is 0.391. The number of carbonyl (C=O) groups excluding carboxylic acids is 1. The van der Waals surface area contributed by atoms with Crippen molar-refractivity contribution in [2.24, 2.45) is 0 Å². The molecular weight excluding hydrogens is 344 g/mol. The molecule has 0 saturated heterocycles. The van der Waals surface area contributed by atoms with Crippen LogP contribution in [-0.2, 0) is 9.53 Å². The first-order valence-corrected chi connectivity index (χ1v) is 8.54. The van der Waals surface area contributed by atoms with Crippen LogP contribution in [0.1, 0.15) is 23.6 Å². The van der Waals surface area contributed by atoms with Crippen LogP contribution in [0.5, 0.6) is 17.2 Å². The Labute approximate surface area is 159 Å². The predicted octanol–water partition coefficient (Wildman–Crippen LogP) is 4.46. The van der Waals surface area contributed by atoms with Crippen LogP contribution in [0.3, 0.4) is 0 Å². The second-order valence-corrected chi connectivity index (χ2v) is 5.54. The van der Waals surface area contributed by atoms with Gasteiger partial charge in [0.25, 0.3) is 0 Å². The molecule has 0 unspecified atom stereocenters. The molecule has 142 valence electrons. The minimum Gasteiger partial charge on any atom is -0.493 e. The van der Waals surface area contributed by atoms with E-state index in [1.807, 2.05) is 48.6 Å². The van der Waals surface area contributed by atoms with Crippen molar-refractivity contribution in [3.63, 3.8) is 0 Å². The van der Waals surface area contributed by atoms with E-state index in [0.717, 1.165) is 16.7 Å². The molecule has 5 nitrogen and oxygen atoms in total. The highest BCUT2D eigenvalue weighted by Gasteiger charge is 2.11. The number of carbonyl (C=O) groups is 1. The van der Waals surface area contributed by atoms with Gasteiger partial charge in [0.1, 0.15) is 0 Å². The average molecular weight is 368 g/mol. The van der Waals surface area contributed by atoms with E-state index in [1.165, 1.54) is 6.08 Å². The molecule has 0 heterocycles. The van der Waals surface area contributed by atoms with Crippen LogP contribution in [0.15, 0.2) is 42.5 Å². The first kappa shape index (κ1) is 20.1. The Hall–Kier alpha value is -3.21. The van der Waals surface area contributed by atoms with Gasteiger partial charge in [-0.15, -0.1) is 0 Å². The zero-order valence-electron chi connectivity index (χ0n) is 16.0. The van der Waals surface area contributed by atoms with E-state index < -0.39 is 0 Å². The van der Waals surface area contributed by atoms with Crippen LogP contribution in [0.25, 0.3) is 18.2 Å². The largest absolute Gasteiger partial charge is 0.493 e. The van der Waals surface area contributed by atoms with Gasteiger partial charge in [-0.2, -0.15) is 0 Å². The van der Waals surface area contributed by atoms with E-state index in [2.05, 4.69) is 0 Å². The van der Waals surface area contributed by atoms with E-state index in [-0.39, 0.29) is 5.97 Å². The van der Waals surface area contributed by atoms with E-state index in [4.69, 9.17) is 18.9 Å². The van der Waals surface area contributed by atoms with Crippen LogP contribution >= 0.6 is 0 Å². The lowest BCUT2D eigenvalue weighted by Gasteiger charge is -2.12. The van der Waals surface area contributed by atoms with Gasteiger partial charge in [-0.3, -0.25) is 0 Å². The number of esters is 1. The summed E-state index contributed by atoms with van der Waals surface area (Å²) < 4.78 is 20.9. The van der Waals surface area contributed by atoms with Gasteiger partial charge in [-0.1, -0.05) is 36.4 Å². The minimum atomic E-state index is -0.344. The number of hydrogen-bond acceptors (Lipinski definition) is 5. The van der Waals surface area contributed by atoms with Crippen molar-refractivity contribution < 1.29 is 23.7 Å². The van der Waals surface area contributed by atoms with Crippen molar-refractivity contribution >= 4 is 24.2 Å². The predicted molar refractivity (Wildman–Crippen MR) is 107 cm³/mol. The standard InChI is InChI=1S/C22H24O5/c1-5-27-21(23)13-12-17-8-6-16(7-9-17)10-11-18-14-19(24-2)22(26-4)20(15-18)25-3/h6-15H,5H2,1-4H3/b11-10+,13-12+. The summed E-state index contributed by atoms with van der Waals surface area (Å²) in [4.78, 5) is 11.3. The summed E-state index contributed by atoms with van der Waals surface area (Å²) in [6, 6.07) is 11.6. The molecule has 0 aromatic heterocycles. The number of ether oxygens (including phenoxy) is 4. The van der Waals surface area contributed by atoms with Gasteiger partial charge < -0.3 is 18.9 Å². The molecular formula is C22H24O5. The number of benzene rings is 2. The Bertz CT molecular complexity index is 794. The van der Waals surface area contributed by atoms with Gasteiger partial charge in [0.15, 0.2) is 11.5 Å². The molecule has 0 fully saturated rings. The third kappa shape index (κ3) is 5.64. The summed E-state index contributed by atoms with van der Waals surface area (Å²) in [5.41, 5.74) is 2.88. The SMILES string of the molecule is CCOC(=O)/C=C/c1ccc(/C=C/c2cc(OC)c(OC)c(OC)c2)cc1. The van der Waals surface area contributed by atoms with Crippen molar-refractivity contribution in [3.8, 4) is 17.2 Å². The zero-order chi connectivity index (χ0) is 19.6. The van der Waals surface area contributed by atoms with Crippen LogP contribution in [-0.4, -0.2) is 33.9 Å². The van der Waals surface area contributed by atoms with Crippen LogP contribution < -0.4 is 14.2 Å². The molecule has 0 spiro atoms. The highest BCUT2D eigenvalue weighted by atomic mass is 16.5. The highest BCUT2D eigenvalue weighted by molar-refractivity contribution is 5.87. The molecule has 0 atom stereocenters. The Morgan fingerprint density at radius 3 is 1.81 bits per heavy atom. The maximum atomic E-state index is 11.3. The van der Waals surface area contributed by atoms with Crippen molar-refractivity contribution in [2.75, 3.05) is 27.9 Å². The number of methoxy groups -OCH3 is 3. The van der Waals surface area contributed by atoms with E-state index in [1.54, 1.807) is 34.3 Å². The van der Waals surface area contributed by atoms with E-state index in [9.17, 15) is 4.79 Å². The van der Waals surface area contributed by atoms with Gasteiger partial charge in [0.2, 0.25) is 5.75 Å². The van der Waals surface area contributed by atoms with E-state index in [0.29, 0.717) is 23.9 Å². The molecule has 0 radical (unpaired) electrons. The minimum absolute atomic E-state index is 0.344. The van der Waals surface area contributed by atoms with Crippen LogP contribution in [0, 0.1) is 0 Å². The summed E-state index contributed by atoms with van der Waals surface area (Å²) in [5, 5.41) is 0. The lowest BCUT2D eigenvalue weighted by Crippen LogP contribution is -1.98. The molecule has 27 heavy (non-hydrogen) atoms. The van der Waals surface area contributed by atoms with Crippen molar-refractivity contribution in [1.29, 1.82) is 0 Å². The van der Waals surface area contributed by atoms with Crippen molar-refractivity contribution in [3.05, 3.63) is 59.2 Å². The van der Waals surface area contributed by atoms with Gasteiger partial charge in [-0.25, -0.2) is 4.79 Å². The summed E-state index contributed by atoms with van der Waals surface area (Å²) in [6.45, 7) is 2.15. The zero-order valence-corrected chi connectivity index (χ0v) is 16.0.